The molecule has 0 atom stereocenters. The van der Waals surface area contributed by atoms with Crippen LogP contribution in [0.3, 0.4) is 0 Å². The highest BCUT2D eigenvalue weighted by atomic mass is 16.3. The van der Waals surface area contributed by atoms with Gasteiger partial charge in [-0.3, -0.25) is 9.89 Å². The minimum Gasteiger partial charge on any atom is -0.461 e. The van der Waals surface area contributed by atoms with Gasteiger partial charge in [0, 0.05) is 25.3 Å². The first-order chi connectivity index (χ1) is 11.1. The lowest BCUT2D eigenvalue weighted by Gasteiger charge is -2.13. The van der Waals surface area contributed by atoms with E-state index in [2.05, 4.69) is 20.5 Å². The van der Waals surface area contributed by atoms with Gasteiger partial charge in [-0.25, -0.2) is 4.98 Å². The first kappa shape index (κ1) is 14.8. The predicted molar refractivity (Wildman–Crippen MR) is 86.0 cm³/mol. The number of benzene rings is 1. The Morgan fingerprint density at radius 2 is 2.17 bits per heavy atom. The highest BCUT2D eigenvalue weighted by molar-refractivity contribution is 5.95. The van der Waals surface area contributed by atoms with Crippen molar-refractivity contribution in [2.45, 2.75) is 6.54 Å². The van der Waals surface area contributed by atoms with E-state index in [0.717, 1.165) is 5.69 Å². The van der Waals surface area contributed by atoms with Gasteiger partial charge in [-0.1, -0.05) is 6.07 Å². The molecule has 0 spiro atoms. The molecule has 7 nitrogen and oxygen atoms in total. The second-order valence-corrected chi connectivity index (χ2v) is 5.21. The van der Waals surface area contributed by atoms with E-state index in [-0.39, 0.29) is 12.5 Å². The third-order valence-electron chi connectivity index (χ3n) is 3.31. The van der Waals surface area contributed by atoms with Crippen LogP contribution in [-0.4, -0.2) is 35.2 Å². The number of aromatic amines is 1. The van der Waals surface area contributed by atoms with Crippen molar-refractivity contribution in [1.82, 2.24) is 20.5 Å². The monoisotopic (exact) mass is 311 g/mol. The van der Waals surface area contributed by atoms with Crippen LogP contribution in [-0.2, 0) is 6.54 Å². The smallest absolute Gasteiger partial charge is 0.251 e. The second kappa shape index (κ2) is 6.35. The van der Waals surface area contributed by atoms with E-state index in [9.17, 15) is 4.79 Å². The Bertz CT molecular complexity index is 792. The minimum absolute atomic E-state index is 0.162. The van der Waals surface area contributed by atoms with Gasteiger partial charge < -0.3 is 14.6 Å². The number of hydrogen-bond donors (Lipinski definition) is 2. The fraction of sp³-hybridized carbons (Fsp3) is 0.188. The summed E-state index contributed by atoms with van der Waals surface area (Å²) in [5.74, 6) is 1.45. The minimum atomic E-state index is -0.162. The number of H-pyrrole nitrogens is 1. The number of hydrogen-bond acceptors (Lipinski definition) is 5. The molecule has 0 fully saturated rings. The molecule has 0 unspecified atom stereocenters. The predicted octanol–water partition coefficient (Wildman–Crippen LogP) is 2.06. The van der Waals surface area contributed by atoms with Crippen LogP contribution in [0.15, 0.2) is 47.1 Å². The molecule has 0 saturated carbocycles. The van der Waals surface area contributed by atoms with E-state index in [4.69, 9.17) is 4.42 Å². The number of furan rings is 1. The molecule has 2 heterocycles. The van der Waals surface area contributed by atoms with Crippen molar-refractivity contribution in [2.24, 2.45) is 0 Å². The highest BCUT2D eigenvalue weighted by Crippen LogP contribution is 2.15. The topological polar surface area (TPSA) is 87.1 Å². The number of amides is 1. The van der Waals surface area contributed by atoms with Gasteiger partial charge in [0.15, 0.2) is 5.76 Å². The molecule has 3 rings (SSSR count). The SMILES string of the molecule is CN(C)c1cccc(C(=O)NCc2nc(-c3ccco3)n[nH]2)c1. The standard InChI is InChI=1S/C16H17N5O2/c1-21(2)12-6-3-5-11(9-12)16(22)17-10-14-18-15(20-19-14)13-7-4-8-23-13/h3-9H,10H2,1-2H3,(H,17,22)(H,18,19,20). The van der Waals surface area contributed by atoms with Gasteiger partial charge >= 0.3 is 0 Å². The Labute approximate surface area is 133 Å². The number of aromatic nitrogens is 3. The zero-order valence-electron chi connectivity index (χ0n) is 12.9. The van der Waals surface area contributed by atoms with Crippen LogP contribution < -0.4 is 10.2 Å². The molecule has 0 radical (unpaired) electrons. The molecule has 1 aromatic carbocycles. The number of anilines is 1. The first-order valence-electron chi connectivity index (χ1n) is 7.14. The van der Waals surface area contributed by atoms with E-state index in [1.807, 2.05) is 37.2 Å². The summed E-state index contributed by atoms with van der Waals surface area (Å²) >= 11 is 0. The summed E-state index contributed by atoms with van der Waals surface area (Å²) in [6, 6.07) is 11.0. The molecule has 0 bridgehead atoms. The van der Waals surface area contributed by atoms with Crippen molar-refractivity contribution in [3.8, 4) is 11.6 Å². The van der Waals surface area contributed by atoms with Crippen LogP contribution in [0.5, 0.6) is 0 Å². The van der Waals surface area contributed by atoms with Gasteiger partial charge in [0.2, 0.25) is 5.82 Å². The molecule has 0 aliphatic heterocycles. The maximum absolute atomic E-state index is 12.2. The summed E-state index contributed by atoms with van der Waals surface area (Å²) in [4.78, 5) is 18.4. The summed E-state index contributed by atoms with van der Waals surface area (Å²) in [6.07, 6.45) is 1.56. The Balaban J connectivity index is 1.64. The molecular weight excluding hydrogens is 294 g/mol. The van der Waals surface area contributed by atoms with Crippen molar-refractivity contribution in [1.29, 1.82) is 0 Å². The van der Waals surface area contributed by atoms with E-state index in [0.29, 0.717) is 23.0 Å². The molecule has 23 heavy (non-hydrogen) atoms. The number of rotatable bonds is 5. The normalized spacial score (nSPS) is 10.5. The van der Waals surface area contributed by atoms with E-state index in [1.54, 1.807) is 24.5 Å². The molecule has 2 aromatic heterocycles. The van der Waals surface area contributed by atoms with Crippen LogP contribution in [0.25, 0.3) is 11.6 Å². The van der Waals surface area contributed by atoms with Crippen LogP contribution >= 0.6 is 0 Å². The average Bonchev–Trinajstić information content (AvgIpc) is 3.23. The number of carbonyl (C=O) groups excluding carboxylic acids is 1. The largest absolute Gasteiger partial charge is 0.461 e. The molecule has 7 heteroatoms. The Morgan fingerprint density at radius 1 is 1.30 bits per heavy atom. The van der Waals surface area contributed by atoms with E-state index >= 15 is 0 Å². The van der Waals surface area contributed by atoms with Gasteiger partial charge in [0.25, 0.3) is 5.91 Å². The lowest BCUT2D eigenvalue weighted by atomic mass is 10.2. The molecule has 1 amide bonds. The summed E-state index contributed by atoms with van der Waals surface area (Å²) in [5, 5.41) is 9.66. The molecule has 2 N–H and O–H groups in total. The Hall–Kier alpha value is -3.09. The molecule has 118 valence electrons. The molecular formula is C16H17N5O2. The lowest BCUT2D eigenvalue weighted by Crippen LogP contribution is -2.23. The highest BCUT2D eigenvalue weighted by Gasteiger charge is 2.11. The average molecular weight is 311 g/mol. The number of nitrogens with one attached hydrogen (secondary N) is 2. The van der Waals surface area contributed by atoms with Crippen molar-refractivity contribution >= 4 is 11.6 Å². The molecule has 3 aromatic rings. The summed E-state index contributed by atoms with van der Waals surface area (Å²) < 4.78 is 5.23. The first-order valence-corrected chi connectivity index (χ1v) is 7.14. The maximum Gasteiger partial charge on any atom is 0.251 e. The zero-order valence-corrected chi connectivity index (χ0v) is 12.9. The number of nitrogens with zero attached hydrogens (tertiary/aromatic N) is 3. The van der Waals surface area contributed by atoms with Crippen LogP contribution in [0.2, 0.25) is 0 Å². The molecule has 0 aliphatic rings. The van der Waals surface area contributed by atoms with Gasteiger partial charge in [0.1, 0.15) is 5.82 Å². The fourth-order valence-electron chi connectivity index (χ4n) is 2.08. The van der Waals surface area contributed by atoms with Gasteiger partial charge in [-0.05, 0) is 30.3 Å². The quantitative estimate of drug-likeness (QED) is 0.753. The number of carbonyl (C=O) groups is 1. The fourth-order valence-corrected chi connectivity index (χ4v) is 2.08. The Morgan fingerprint density at radius 3 is 2.91 bits per heavy atom. The van der Waals surface area contributed by atoms with Crippen LogP contribution in [0.4, 0.5) is 5.69 Å². The zero-order chi connectivity index (χ0) is 16.2. The van der Waals surface area contributed by atoms with E-state index in [1.165, 1.54) is 0 Å². The van der Waals surface area contributed by atoms with Crippen LogP contribution in [0, 0.1) is 0 Å². The van der Waals surface area contributed by atoms with Gasteiger partial charge in [0.05, 0.1) is 12.8 Å². The lowest BCUT2D eigenvalue weighted by molar-refractivity contribution is 0.0950. The summed E-state index contributed by atoms with van der Waals surface area (Å²) in [6.45, 7) is 0.263. The van der Waals surface area contributed by atoms with Gasteiger partial charge in [-0.2, -0.15) is 0 Å². The summed E-state index contributed by atoms with van der Waals surface area (Å²) in [5.41, 5.74) is 1.57. The molecule has 0 saturated heterocycles. The van der Waals surface area contributed by atoms with Crippen molar-refractivity contribution in [3.05, 3.63) is 54.0 Å². The van der Waals surface area contributed by atoms with Gasteiger partial charge in [-0.15, -0.1) is 5.10 Å². The van der Waals surface area contributed by atoms with Crippen molar-refractivity contribution in [2.75, 3.05) is 19.0 Å². The molecule has 0 aliphatic carbocycles. The third kappa shape index (κ3) is 3.39. The van der Waals surface area contributed by atoms with Crippen LogP contribution in [0.1, 0.15) is 16.2 Å². The summed E-state index contributed by atoms with van der Waals surface area (Å²) in [7, 11) is 3.86. The maximum atomic E-state index is 12.2. The Kier molecular flexibility index (Phi) is 4.09. The van der Waals surface area contributed by atoms with E-state index < -0.39 is 0 Å². The third-order valence-corrected chi connectivity index (χ3v) is 3.31. The van der Waals surface area contributed by atoms with Crippen molar-refractivity contribution < 1.29 is 9.21 Å². The van der Waals surface area contributed by atoms with Crippen molar-refractivity contribution in [3.63, 3.8) is 0 Å². The second-order valence-electron chi connectivity index (χ2n) is 5.21.